The number of likely N-dealkylation sites (tertiary alicyclic amines) is 1. The molecule has 0 spiro atoms. The molecule has 2 aliphatic rings. The number of nitrogens with one attached hydrogen (secondary N) is 1. The van der Waals surface area contributed by atoms with Crippen molar-refractivity contribution in [2.75, 3.05) is 39.8 Å². The Morgan fingerprint density at radius 2 is 2.05 bits per heavy atom. The van der Waals surface area contributed by atoms with Crippen molar-refractivity contribution in [1.82, 2.24) is 15.1 Å². The van der Waals surface area contributed by atoms with Gasteiger partial charge in [-0.05, 0) is 45.3 Å². The van der Waals surface area contributed by atoms with E-state index in [0.717, 1.165) is 39.0 Å². The van der Waals surface area contributed by atoms with Gasteiger partial charge in [0.25, 0.3) is 0 Å². The van der Waals surface area contributed by atoms with Crippen LogP contribution in [0.1, 0.15) is 32.6 Å². The zero-order valence-electron chi connectivity index (χ0n) is 12.6. The number of hydrogen-bond donors (Lipinski definition) is 1. The van der Waals surface area contributed by atoms with E-state index in [9.17, 15) is 4.79 Å². The highest BCUT2D eigenvalue weighted by Crippen LogP contribution is 2.19. The minimum absolute atomic E-state index is 0. The maximum absolute atomic E-state index is 12.3. The Morgan fingerprint density at radius 3 is 2.65 bits per heavy atom. The fraction of sp³-hybridized carbons (Fsp3) is 0.929. The highest BCUT2D eigenvalue weighted by atomic mass is 35.5. The van der Waals surface area contributed by atoms with Gasteiger partial charge in [-0.2, -0.15) is 0 Å². The van der Waals surface area contributed by atoms with Crippen molar-refractivity contribution in [2.45, 2.75) is 38.6 Å². The zero-order chi connectivity index (χ0) is 13.0. The van der Waals surface area contributed by atoms with Crippen LogP contribution < -0.4 is 5.32 Å². The van der Waals surface area contributed by atoms with E-state index in [1.165, 1.54) is 19.4 Å². The first-order valence-electron chi connectivity index (χ1n) is 7.42. The van der Waals surface area contributed by atoms with Crippen molar-refractivity contribution >= 4 is 30.7 Å². The van der Waals surface area contributed by atoms with Crippen LogP contribution in [0.4, 0.5) is 0 Å². The molecule has 0 aromatic heterocycles. The topological polar surface area (TPSA) is 35.6 Å². The van der Waals surface area contributed by atoms with Crippen molar-refractivity contribution in [1.29, 1.82) is 0 Å². The Balaban J connectivity index is 0.00000180. The minimum atomic E-state index is 0. The van der Waals surface area contributed by atoms with Gasteiger partial charge in [0.1, 0.15) is 0 Å². The summed E-state index contributed by atoms with van der Waals surface area (Å²) in [7, 11) is 1.98. The predicted molar refractivity (Wildman–Crippen MR) is 88.0 cm³/mol. The van der Waals surface area contributed by atoms with E-state index in [-0.39, 0.29) is 30.7 Å². The number of likely N-dealkylation sites (N-methyl/N-ethyl adjacent to an activating group) is 2. The quantitative estimate of drug-likeness (QED) is 0.855. The maximum atomic E-state index is 12.3. The number of piperidine rings is 1. The molecule has 0 aromatic carbocycles. The summed E-state index contributed by atoms with van der Waals surface area (Å²) in [5.74, 6) is 0.547. The second-order valence-corrected chi connectivity index (χ2v) is 5.69. The molecule has 6 heteroatoms. The van der Waals surface area contributed by atoms with Gasteiger partial charge in [0.2, 0.25) is 5.91 Å². The summed E-state index contributed by atoms with van der Waals surface area (Å²) in [6.45, 7) is 7.37. The van der Waals surface area contributed by atoms with Crippen LogP contribution in [0.3, 0.4) is 0 Å². The van der Waals surface area contributed by atoms with Gasteiger partial charge in [-0.15, -0.1) is 24.8 Å². The van der Waals surface area contributed by atoms with E-state index in [0.29, 0.717) is 11.9 Å². The highest BCUT2D eigenvalue weighted by molar-refractivity contribution is 5.85. The Kier molecular flexibility index (Phi) is 9.81. The van der Waals surface area contributed by atoms with Gasteiger partial charge in [-0.3, -0.25) is 9.69 Å². The van der Waals surface area contributed by atoms with Gasteiger partial charge in [0, 0.05) is 26.2 Å². The molecule has 0 aliphatic carbocycles. The minimum Gasteiger partial charge on any atom is -0.344 e. The number of carbonyl (C=O) groups excluding carboxylic acids is 1. The lowest BCUT2D eigenvalue weighted by Gasteiger charge is -2.31. The molecule has 20 heavy (non-hydrogen) atoms. The number of rotatable bonds is 4. The normalized spacial score (nSPS) is 26.5. The van der Waals surface area contributed by atoms with E-state index in [1.54, 1.807) is 0 Å². The molecule has 2 aliphatic heterocycles. The summed E-state index contributed by atoms with van der Waals surface area (Å²) < 4.78 is 0. The van der Waals surface area contributed by atoms with E-state index >= 15 is 0 Å². The molecule has 2 heterocycles. The Bertz CT molecular complexity index is 286. The van der Waals surface area contributed by atoms with Crippen molar-refractivity contribution in [3.63, 3.8) is 0 Å². The summed E-state index contributed by atoms with van der Waals surface area (Å²) in [6.07, 6.45) is 4.72. The standard InChI is InChI=1S/C14H27N3O.2ClH/c1-3-17-9-5-7-13(17)11-16(2)14(18)12-6-4-8-15-10-12;;/h12-13,15H,3-11H2,1-2H3;2*1H/t12-,13?;;/m1../s1. The van der Waals surface area contributed by atoms with Crippen LogP contribution in [-0.2, 0) is 4.79 Å². The van der Waals surface area contributed by atoms with E-state index in [2.05, 4.69) is 17.1 Å². The third-order valence-corrected chi connectivity index (χ3v) is 4.41. The van der Waals surface area contributed by atoms with E-state index in [1.807, 2.05) is 11.9 Å². The van der Waals surface area contributed by atoms with Gasteiger partial charge in [-0.1, -0.05) is 6.92 Å². The first-order chi connectivity index (χ1) is 8.72. The molecule has 2 fully saturated rings. The smallest absolute Gasteiger partial charge is 0.226 e. The molecule has 2 saturated heterocycles. The Hall–Kier alpha value is -0.0300. The summed E-state index contributed by atoms with van der Waals surface area (Å²) >= 11 is 0. The summed E-state index contributed by atoms with van der Waals surface area (Å²) in [5.41, 5.74) is 0. The monoisotopic (exact) mass is 325 g/mol. The van der Waals surface area contributed by atoms with Gasteiger partial charge in [-0.25, -0.2) is 0 Å². The van der Waals surface area contributed by atoms with Crippen molar-refractivity contribution in [2.24, 2.45) is 5.92 Å². The molecule has 0 saturated carbocycles. The third kappa shape index (κ3) is 5.06. The highest BCUT2D eigenvalue weighted by Gasteiger charge is 2.28. The predicted octanol–water partition coefficient (Wildman–Crippen LogP) is 1.77. The summed E-state index contributed by atoms with van der Waals surface area (Å²) in [5, 5.41) is 3.33. The van der Waals surface area contributed by atoms with Gasteiger partial charge in [0.15, 0.2) is 0 Å². The van der Waals surface area contributed by atoms with Crippen LogP contribution in [0.2, 0.25) is 0 Å². The van der Waals surface area contributed by atoms with Gasteiger partial charge in [0.05, 0.1) is 5.92 Å². The average molecular weight is 326 g/mol. The van der Waals surface area contributed by atoms with Crippen LogP contribution in [-0.4, -0.2) is 61.5 Å². The number of hydrogen-bond acceptors (Lipinski definition) is 3. The summed E-state index contributed by atoms with van der Waals surface area (Å²) in [4.78, 5) is 16.8. The van der Waals surface area contributed by atoms with Crippen molar-refractivity contribution < 1.29 is 4.79 Å². The van der Waals surface area contributed by atoms with E-state index in [4.69, 9.17) is 0 Å². The number of nitrogens with zero attached hydrogens (tertiary/aromatic N) is 2. The number of carbonyl (C=O) groups is 1. The van der Waals surface area contributed by atoms with Crippen LogP contribution in [0, 0.1) is 5.92 Å². The molecule has 1 N–H and O–H groups in total. The number of halogens is 2. The summed E-state index contributed by atoms with van der Waals surface area (Å²) in [6, 6.07) is 0.584. The second-order valence-electron chi connectivity index (χ2n) is 5.69. The lowest BCUT2D eigenvalue weighted by molar-refractivity contribution is -0.135. The molecule has 0 aromatic rings. The van der Waals surface area contributed by atoms with Crippen LogP contribution in [0.5, 0.6) is 0 Å². The fourth-order valence-electron chi connectivity index (χ4n) is 3.30. The molecule has 120 valence electrons. The van der Waals surface area contributed by atoms with Gasteiger partial charge < -0.3 is 10.2 Å². The second kappa shape index (κ2) is 9.82. The zero-order valence-corrected chi connectivity index (χ0v) is 14.3. The maximum Gasteiger partial charge on any atom is 0.226 e. The van der Waals surface area contributed by atoms with Crippen LogP contribution >= 0.6 is 24.8 Å². The molecule has 2 atom stereocenters. The molecular weight excluding hydrogens is 297 g/mol. The van der Waals surface area contributed by atoms with Crippen LogP contribution in [0.25, 0.3) is 0 Å². The first-order valence-corrected chi connectivity index (χ1v) is 7.42. The molecule has 4 nitrogen and oxygen atoms in total. The van der Waals surface area contributed by atoms with Crippen LogP contribution in [0.15, 0.2) is 0 Å². The lowest BCUT2D eigenvalue weighted by atomic mass is 9.98. The molecule has 2 rings (SSSR count). The fourth-order valence-corrected chi connectivity index (χ4v) is 3.30. The Labute approximate surface area is 135 Å². The molecule has 1 unspecified atom stereocenters. The number of amides is 1. The molecule has 1 amide bonds. The largest absolute Gasteiger partial charge is 0.344 e. The van der Waals surface area contributed by atoms with E-state index < -0.39 is 0 Å². The SMILES string of the molecule is CCN1CCCC1CN(C)C(=O)[C@@H]1CCCNC1.Cl.Cl. The Morgan fingerprint density at radius 1 is 1.30 bits per heavy atom. The molecular formula is C14H29Cl2N3O. The lowest BCUT2D eigenvalue weighted by Crippen LogP contribution is -2.46. The van der Waals surface area contributed by atoms with Crippen molar-refractivity contribution in [3.05, 3.63) is 0 Å². The third-order valence-electron chi connectivity index (χ3n) is 4.41. The van der Waals surface area contributed by atoms with Gasteiger partial charge >= 0.3 is 0 Å². The first kappa shape index (κ1) is 20.0. The average Bonchev–Trinajstić information content (AvgIpc) is 2.86. The molecule has 0 radical (unpaired) electrons. The van der Waals surface area contributed by atoms with Crippen molar-refractivity contribution in [3.8, 4) is 0 Å². The molecule has 0 bridgehead atoms.